The van der Waals surface area contributed by atoms with Crippen molar-refractivity contribution in [1.82, 2.24) is 10.7 Å². The SMILES string of the molecule is COc1cc(C(=O)NCC(=O)N/N=C(/C)c2cccs2)cc(OC)c1OC. The molecule has 27 heavy (non-hydrogen) atoms. The Kier molecular flexibility index (Phi) is 7.18. The molecule has 2 amide bonds. The molecule has 0 saturated carbocycles. The molecule has 1 heterocycles. The van der Waals surface area contributed by atoms with Crippen LogP contribution in [0.4, 0.5) is 0 Å². The van der Waals surface area contributed by atoms with E-state index in [9.17, 15) is 9.59 Å². The largest absolute Gasteiger partial charge is 0.493 e. The van der Waals surface area contributed by atoms with E-state index in [4.69, 9.17) is 14.2 Å². The molecule has 0 aliphatic heterocycles. The number of rotatable bonds is 8. The molecule has 9 heteroatoms. The summed E-state index contributed by atoms with van der Waals surface area (Å²) >= 11 is 1.52. The van der Waals surface area contributed by atoms with Crippen molar-refractivity contribution in [3.8, 4) is 17.2 Å². The Morgan fingerprint density at radius 1 is 1.11 bits per heavy atom. The van der Waals surface area contributed by atoms with E-state index in [1.165, 1.54) is 44.8 Å². The number of nitrogens with zero attached hydrogens (tertiary/aromatic N) is 1. The Bertz CT molecular complexity index is 809. The van der Waals surface area contributed by atoms with E-state index in [-0.39, 0.29) is 12.1 Å². The third-order valence-corrected chi connectivity index (χ3v) is 4.54. The van der Waals surface area contributed by atoms with Crippen LogP contribution in [0.2, 0.25) is 0 Å². The zero-order chi connectivity index (χ0) is 19.8. The lowest BCUT2D eigenvalue weighted by Crippen LogP contribution is -2.35. The molecule has 2 aromatic rings. The number of amides is 2. The Morgan fingerprint density at radius 2 is 1.78 bits per heavy atom. The summed E-state index contributed by atoms with van der Waals surface area (Å²) in [5.74, 6) is 0.188. The predicted octanol–water partition coefficient (Wildman–Crippen LogP) is 2.04. The van der Waals surface area contributed by atoms with Crippen molar-refractivity contribution < 1.29 is 23.8 Å². The van der Waals surface area contributed by atoms with Crippen molar-refractivity contribution in [3.63, 3.8) is 0 Å². The molecule has 0 fully saturated rings. The summed E-state index contributed by atoms with van der Waals surface area (Å²) in [7, 11) is 4.39. The number of carbonyl (C=O) groups is 2. The van der Waals surface area contributed by atoms with Gasteiger partial charge in [-0.2, -0.15) is 5.10 Å². The molecule has 0 aliphatic carbocycles. The van der Waals surface area contributed by atoms with E-state index in [1.807, 2.05) is 17.5 Å². The van der Waals surface area contributed by atoms with Gasteiger partial charge in [-0.05, 0) is 30.5 Å². The van der Waals surface area contributed by atoms with Crippen LogP contribution < -0.4 is 25.0 Å². The van der Waals surface area contributed by atoms with Crippen LogP contribution in [0, 0.1) is 0 Å². The molecule has 0 aliphatic rings. The minimum atomic E-state index is -0.455. The molecule has 1 aromatic carbocycles. The first-order valence-corrected chi connectivity index (χ1v) is 8.83. The zero-order valence-corrected chi connectivity index (χ0v) is 16.3. The minimum absolute atomic E-state index is 0.225. The van der Waals surface area contributed by atoms with Crippen LogP contribution in [0.1, 0.15) is 22.2 Å². The van der Waals surface area contributed by atoms with E-state index >= 15 is 0 Å². The summed E-state index contributed by atoms with van der Waals surface area (Å²) in [4.78, 5) is 25.2. The van der Waals surface area contributed by atoms with Gasteiger partial charge < -0.3 is 19.5 Å². The summed E-state index contributed by atoms with van der Waals surface area (Å²) in [5.41, 5.74) is 3.38. The van der Waals surface area contributed by atoms with Gasteiger partial charge in [0.15, 0.2) is 11.5 Å². The number of hydrogen-bond donors (Lipinski definition) is 2. The lowest BCUT2D eigenvalue weighted by Gasteiger charge is -2.14. The van der Waals surface area contributed by atoms with Crippen molar-refractivity contribution >= 4 is 28.9 Å². The summed E-state index contributed by atoms with van der Waals surface area (Å²) < 4.78 is 15.6. The van der Waals surface area contributed by atoms with E-state index < -0.39 is 11.8 Å². The van der Waals surface area contributed by atoms with Crippen LogP contribution in [-0.2, 0) is 4.79 Å². The van der Waals surface area contributed by atoms with Gasteiger partial charge >= 0.3 is 0 Å². The van der Waals surface area contributed by atoms with Gasteiger partial charge in [0, 0.05) is 10.4 Å². The van der Waals surface area contributed by atoms with Crippen LogP contribution in [0.5, 0.6) is 17.2 Å². The highest BCUT2D eigenvalue weighted by molar-refractivity contribution is 7.12. The fourth-order valence-electron chi connectivity index (χ4n) is 2.20. The normalized spacial score (nSPS) is 10.9. The van der Waals surface area contributed by atoms with Crippen LogP contribution in [0.3, 0.4) is 0 Å². The highest BCUT2D eigenvalue weighted by Gasteiger charge is 2.17. The van der Waals surface area contributed by atoms with Crippen LogP contribution in [0.25, 0.3) is 0 Å². The van der Waals surface area contributed by atoms with Crippen molar-refractivity contribution in [2.45, 2.75) is 6.92 Å². The molecule has 0 atom stereocenters. The molecule has 144 valence electrons. The quantitative estimate of drug-likeness (QED) is 0.530. The highest BCUT2D eigenvalue weighted by Crippen LogP contribution is 2.38. The molecular formula is C18H21N3O5S. The van der Waals surface area contributed by atoms with Crippen molar-refractivity contribution in [2.75, 3.05) is 27.9 Å². The van der Waals surface area contributed by atoms with Gasteiger partial charge in [-0.1, -0.05) is 6.07 Å². The standard InChI is InChI=1S/C18H21N3O5S/c1-11(15-6-5-7-27-15)20-21-16(22)10-19-18(23)12-8-13(24-2)17(26-4)14(9-12)25-3/h5-9H,10H2,1-4H3,(H,19,23)(H,21,22)/b20-11-. The monoisotopic (exact) mass is 391 g/mol. The van der Waals surface area contributed by atoms with Gasteiger partial charge in [-0.15, -0.1) is 11.3 Å². The molecule has 1 aromatic heterocycles. The van der Waals surface area contributed by atoms with Gasteiger partial charge in [0.25, 0.3) is 11.8 Å². The number of nitrogens with one attached hydrogen (secondary N) is 2. The molecular weight excluding hydrogens is 370 g/mol. The van der Waals surface area contributed by atoms with E-state index in [0.717, 1.165) is 4.88 Å². The second-order valence-electron chi connectivity index (χ2n) is 5.31. The number of benzene rings is 1. The lowest BCUT2D eigenvalue weighted by molar-refractivity contribution is -0.120. The molecule has 0 saturated heterocycles. The number of hydrazone groups is 1. The van der Waals surface area contributed by atoms with E-state index in [1.54, 1.807) is 6.92 Å². The Balaban J connectivity index is 1.99. The summed E-state index contributed by atoms with van der Waals surface area (Å²) in [6, 6.07) is 6.82. The molecule has 0 radical (unpaired) electrons. The number of ether oxygens (including phenoxy) is 3. The number of hydrogen-bond acceptors (Lipinski definition) is 7. The lowest BCUT2D eigenvalue weighted by atomic mass is 10.1. The predicted molar refractivity (Wildman–Crippen MR) is 103 cm³/mol. The molecule has 8 nitrogen and oxygen atoms in total. The third-order valence-electron chi connectivity index (χ3n) is 3.56. The fraction of sp³-hybridized carbons (Fsp3) is 0.278. The van der Waals surface area contributed by atoms with Gasteiger partial charge in [0.1, 0.15) is 0 Å². The first-order chi connectivity index (χ1) is 13.0. The molecule has 2 N–H and O–H groups in total. The first kappa shape index (κ1) is 20.2. The second-order valence-corrected chi connectivity index (χ2v) is 6.25. The third kappa shape index (κ3) is 5.20. The Hall–Kier alpha value is -3.07. The number of thiophene rings is 1. The zero-order valence-electron chi connectivity index (χ0n) is 15.5. The van der Waals surface area contributed by atoms with Gasteiger partial charge in [-0.3, -0.25) is 9.59 Å². The van der Waals surface area contributed by atoms with Crippen LogP contribution in [-0.4, -0.2) is 45.4 Å². The van der Waals surface area contributed by atoms with Crippen molar-refractivity contribution in [3.05, 3.63) is 40.1 Å². The number of methoxy groups -OCH3 is 3. The maximum Gasteiger partial charge on any atom is 0.259 e. The Morgan fingerprint density at radius 3 is 2.30 bits per heavy atom. The van der Waals surface area contributed by atoms with Crippen LogP contribution >= 0.6 is 11.3 Å². The smallest absolute Gasteiger partial charge is 0.259 e. The average molecular weight is 391 g/mol. The highest BCUT2D eigenvalue weighted by atomic mass is 32.1. The minimum Gasteiger partial charge on any atom is -0.493 e. The van der Waals surface area contributed by atoms with Crippen molar-refractivity contribution in [2.24, 2.45) is 5.10 Å². The van der Waals surface area contributed by atoms with Gasteiger partial charge in [-0.25, -0.2) is 5.43 Å². The molecule has 0 unspecified atom stereocenters. The number of carbonyl (C=O) groups excluding carboxylic acids is 2. The summed E-state index contributed by atoms with van der Waals surface area (Å²) in [6.07, 6.45) is 0. The Labute approximate surface area is 161 Å². The van der Waals surface area contributed by atoms with Crippen molar-refractivity contribution in [1.29, 1.82) is 0 Å². The maximum atomic E-state index is 12.3. The topological polar surface area (TPSA) is 98.2 Å². The maximum absolute atomic E-state index is 12.3. The summed E-state index contributed by atoms with van der Waals surface area (Å²) in [6.45, 7) is 1.57. The van der Waals surface area contributed by atoms with E-state index in [2.05, 4.69) is 15.8 Å². The molecule has 0 spiro atoms. The first-order valence-electron chi connectivity index (χ1n) is 7.95. The summed E-state index contributed by atoms with van der Waals surface area (Å²) in [5, 5.41) is 8.47. The van der Waals surface area contributed by atoms with Gasteiger partial charge in [0.05, 0.1) is 33.6 Å². The van der Waals surface area contributed by atoms with Gasteiger partial charge in [0.2, 0.25) is 5.75 Å². The molecule has 2 rings (SSSR count). The average Bonchev–Trinajstić information content (AvgIpc) is 3.23. The van der Waals surface area contributed by atoms with Crippen LogP contribution in [0.15, 0.2) is 34.7 Å². The fourth-order valence-corrected chi connectivity index (χ4v) is 2.88. The van der Waals surface area contributed by atoms with E-state index in [0.29, 0.717) is 23.0 Å². The molecule has 0 bridgehead atoms. The second kappa shape index (κ2) is 9.58.